The average Bonchev–Trinajstić information content (AvgIpc) is 1.30. The van der Waals surface area contributed by atoms with Crippen molar-refractivity contribution in [3.8, 4) is 0 Å². The third-order valence-electron chi connectivity index (χ3n) is 0.221. The molecule has 5 nitrogen and oxygen atoms in total. The number of hydrogen-bond acceptors (Lipinski definition) is 4. The van der Waals surface area contributed by atoms with Crippen molar-refractivity contribution < 1.29 is 75.4 Å². The van der Waals surface area contributed by atoms with Crippen molar-refractivity contribution in [3.05, 3.63) is 0 Å². The molecule has 8 heavy (non-hydrogen) atoms. The van der Waals surface area contributed by atoms with E-state index in [1.54, 1.807) is 0 Å². The zero-order valence-electron chi connectivity index (χ0n) is 4.27. The first kappa shape index (κ1) is 12.4. The number of rotatable bonds is 2. The van der Waals surface area contributed by atoms with Gasteiger partial charge in [-0.2, -0.15) is 0 Å². The van der Waals surface area contributed by atoms with Crippen LogP contribution >= 0.6 is 7.82 Å². The maximum atomic E-state index is 9.43. The monoisotopic (exact) mass is 166 g/mol. The summed E-state index contributed by atoms with van der Waals surface area (Å²) >= 11 is 0. The summed E-state index contributed by atoms with van der Waals surface area (Å²) in [7, 11) is -4.67. The Morgan fingerprint density at radius 3 is 2.12 bits per heavy atom. The van der Waals surface area contributed by atoms with Crippen LogP contribution in [0.2, 0.25) is 0 Å². The van der Waals surface area contributed by atoms with Gasteiger partial charge in [-0.05, 0) is 0 Å². The quantitative estimate of drug-likeness (QED) is 0.245. The molecule has 0 aliphatic rings. The molecule has 0 spiro atoms. The summed E-state index contributed by atoms with van der Waals surface area (Å²) in [6.45, 7) is -1.02. The van der Waals surface area contributed by atoms with Crippen molar-refractivity contribution in [2.45, 2.75) is 0 Å². The molecular formula is CH4KO5P. The molecule has 0 bridgehead atoms. The maximum Gasteiger partial charge on any atom is 1.00 e. The normalized spacial score (nSPS) is 16.4. The van der Waals surface area contributed by atoms with Crippen LogP contribution in [0.4, 0.5) is 0 Å². The molecule has 0 rings (SSSR count). The number of phosphoric acid groups is 1. The Labute approximate surface area is 88.7 Å². The Bertz CT molecular complexity index is 86.4. The maximum absolute atomic E-state index is 9.43. The standard InChI is InChI=1S/CH5O5P.K/c2-1-6-7(3,4)5;/h2H,1H2,(H2,3,4,5);/q;+1/p-1. The number of aliphatic hydroxyl groups excluding tert-OH is 1. The van der Waals surface area contributed by atoms with Gasteiger partial charge < -0.3 is 14.9 Å². The van der Waals surface area contributed by atoms with Crippen LogP contribution in [0.3, 0.4) is 0 Å². The minimum Gasteiger partial charge on any atom is -0.756 e. The first-order valence-corrected chi connectivity index (χ1v) is 2.85. The fourth-order valence-corrected chi connectivity index (χ4v) is 0.219. The predicted octanol–water partition coefficient (Wildman–Crippen LogP) is -4.58. The van der Waals surface area contributed by atoms with Crippen LogP contribution < -0.4 is 56.3 Å². The molecule has 0 heterocycles. The summed E-state index contributed by atoms with van der Waals surface area (Å²) < 4.78 is 12.8. The predicted molar refractivity (Wildman–Crippen MR) is 18.0 cm³/mol. The van der Waals surface area contributed by atoms with E-state index >= 15 is 0 Å². The van der Waals surface area contributed by atoms with Gasteiger partial charge in [0.15, 0.2) is 6.79 Å². The molecule has 0 amide bonds. The third kappa shape index (κ3) is 10.6. The van der Waals surface area contributed by atoms with Gasteiger partial charge >= 0.3 is 51.4 Å². The first-order chi connectivity index (χ1) is 3.06. The largest absolute Gasteiger partial charge is 1.00 e. The molecule has 7 heteroatoms. The molecular weight excluding hydrogens is 162 g/mol. The Morgan fingerprint density at radius 2 is 2.12 bits per heavy atom. The molecule has 1 unspecified atom stereocenters. The molecule has 0 aromatic carbocycles. The van der Waals surface area contributed by atoms with Crippen LogP contribution in [0.5, 0.6) is 0 Å². The van der Waals surface area contributed by atoms with E-state index in [4.69, 9.17) is 10.00 Å². The van der Waals surface area contributed by atoms with Crippen LogP contribution in [0.1, 0.15) is 0 Å². The zero-order valence-corrected chi connectivity index (χ0v) is 8.29. The average molecular weight is 166 g/mol. The van der Waals surface area contributed by atoms with E-state index in [2.05, 4.69) is 4.52 Å². The van der Waals surface area contributed by atoms with Gasteiger partial charge in [0.05, 0.1) is 0 Å². The van der Waals surface area contributed by atoms with E-state index in [0.29, 0.717) is 0 Å². The van der Waals surface area contributed by atoms with E-state index in [0.717, 1.165) is 0 Å². The van der Waals surface area contributed by atoms with E-state index < -0.39 is 14.6 Å². The summed E-state index contributed by atoms with van der Waals surface area (Å²) in [5, 5.41) is 7.65. The second-order valence-electron chi connectivity index (χ2n) is 0.727. The van der Waals surface area contributed by atoms with Crippen LogP contribution in [-0.4, -0.2) is 16.8 Å². The number of phosphoric ester groups is 1. The van der Waals surface area contributed by atoms with Crippen LogP contribution in [0, 0.1) is 0 Å². The van der Waals surface area contributed by atoms with Gasteiger partial charge in [-0.3, -0.25) is 9.09 Å². The summed E-state index contributed by atoms with van der Waals surface area (Å²) in [5.41, 5.74) is 0. The van der Waals surface area contributed by atoms with Crippen molar-refractivity contribution in [2.24, 2.45) is 0 Å². The van der Waals surface area contributed by atoms with Crippen LogP contribution in [0.25, 0.3) is 0 Å². The Kier molecular flexibility index (Phi) is 8.50. The number of aliphatic hydroxyl groups is 1. The van der Waals surface area contributed by atoms with Crippen LogP contribution in [0.15, 0.2) is 0 Å². The summed E-state index contributed by atoms with van der Waals surface area (Å²) in [4.78, 5) is 17.1. The van der Waals surface area contributed by atoms with E-state index in [1.807, 2.05) is 0 Å². The molecule has 0 saturated heterocycles. The molecule has 1 atom stereocenters. The fourth-order valence-electron chi connectivity index (χ4n) is 0.0730. The first-order valence-electron chi connectivity index (χ1n) is 1.35. The second-order valence-corrected chi connectivity index (χ2v) is 1.92. The van der Waals surface area contributed by atoms with Crippen molar-refractivity contribution >= 4 is 7.82 Å². The second kappa shape index (κ2) is 5.49. The molecule has 0 aromatic heterocycles. The molecule has 0 aliphatic carbocycles. The van der Waals surface area contributed by atoms with Crippen LogP contribution in [-0.2, 0) is 9.09 Å². The topological polar surface area (TPSA) is 89.8 Å². The molecule has 44 valence electrons. The van der Waals surface area contributed by atoms with Gasteiger partial charge in [0, 0.05) is 0 Å². The van der Waals surface area contributed by atoms with Gasteiger partial charge in [-0.15, -0.1) is 0 Å². The van der Waals surface area contributed by atoms with E-state index in [1.165, 1.54) is 0 Å². The van der Waals surface area contributed by atoms with Crippen molar-refractivity contribution in [1.82, 2.24) is 0 Å². The molecule has 0 fully saturated rings. The van der Waals surface area contributed by atoms with Crippen molar-refractivity contribution in [2.75, 3.05) is 6.79 Å². The van der Waals surface area contributed by atoms with Gasteiger partial charge in [0.25, 0.3) is 7.82 Å². The molecule has 0 radical (unpaired) electrons. The van der Waals surface area contributed by atoms with Crippen molar-refractivity contribution in [1.29, 1.82) is 0 Å². The SMILES string of the molecule is O=P([O-])(O)OCO.[K+]. The third-order valence-corrected chi connectivity index (χ3v) is 0.663. The summed E-state index contributed by atoms with van der Waals surface area (Å²) in [5.74, 6) is 0. The minimum atomic E-state index is -4.67. The smallest absolute Gasteiger partial charge is 0.756 e. The Balaban J connectivity index is 0. The summed E-state index contributed by atoms with van der Waals surface area (Å²) in [6.07, 6.45) is 0. The Hall–Kier alpha value is 1.71. The zero-order chi connectivity index (χ0) is 5.91. The fraction of sp³-hybridized carbons (Fsp3) is 1.00. The number of hydrogen-bond donors (Lipinski definition) is 2. The van der Waals surface area contributed by atoms with Gasteiger partial charge in [-0.1, -0.05) is 0 Å². The van der Waals surface area contributed by atoms with Crippen molar-refractivity contribution in [3.63, 3.8) is 0 Å². The van der Waals surface area contributed by atoms with E-state index in [-0.39, 0.29) is 51.4 Å². The minimum absolute atomic E-state index is 0. The summed E-state index contributed by atoms with van der Waals surface area (Å²) in [6, 6.07) is 0. The Morgan fingerprint density at radius 1 is 1.75 bits per heavy atom. The molecule has 0 aromatic rings. The molecule has 0 saturated carbocycles. The van der Waals surface area contributed by atoms with Gasteiger partial charge in [0.2, 0.25) is 0 Å². The molecule has 2 N–H and O–H groups in total. The molecule has 0 aliphatic heterocycles. The van der Waals surface area contributed by atoms with Gasteiger partial charge in [-0.25, -0.2) is 0 Å². The van der Waals surface area contributed by atoms with Gasteiger partial charge in [0.1, 0.15) is 0 Å². The van der Waals surface area contributed by atoms with E-state index in [9.17, 15) is 9.46 Å².